The average Bonchev–Trinajstić information content (AvgIpc) is 3.46. The van der Waals surface area contributed by atoms with Gasteiger partial charge in [-0.25, -0.2) is 14.5 Å². The highest BCUT2D eigenvalue weighted by Gasteiger charge is 2.53. The molecule has 6 nitrogen and oxygen atoms in total. The molecule has 4 unspecified atom stereocenters. The van der Waals surface area contributed by atoms with Crippen LogP contribution in [-0.2, 0) is 17.5 Å². The Balaban J connectivity index is 1.57. The molecule has 1 aliphatic heterocycles. The molecule has 0 aliphatic carbocycles. The summed E-state index contributed by atoms with van der Waals surface area (Å²) in [4.78, 5) is 24.9. The Kier molecular flexibility index (Phi) is 7.22. The molecule has 10 heteroatoms. The largest absolute Gasteiger partial charge is 0.516 e. The van der Waals surface area contributed by atoms with Gasteiger partial charge < -0.3 is 9.72 Å². The molecule has 1 N–H and O–H groups in total. The van der Waals surface area contributed by atoms with Gasteiger partial charge in [-0.1, -0.05) is 48.5 Å². The van der Waals surface area contributed by atoms with Gasteiger partial charge in [0.2, 0.25) is 5.95 Å². The van der Waals surface area contributed by atoms with Gasteiger partial charge in [0, 0.05) is 36.8 Å². The molecule has 5 rings (SSSR count). The predicted octanol–water partition coefficient (Wildman–Crippen LogP) is 6.76. The first-order valence-corrected chi connectivity index (χ1v) is 12.5. The molecule has 1 amide bonds. The lowest BCUT2D eigenvalue weighted by molar-refractivity contribution is -0.878. The number of likely N-dealkylation sites (N-methyl/N-ethyl adjacent to an activating group) is 1. The van der Waals surface area contributed by atoms with E-state index in [9.17, 15) is 22.4 Å². The Morgan fingerprint density at radius 1 is 1.00 bits per heavy atom. The third kappa shape index (κ3) is 5.56. The number of H-pyrrole nitrogens is 1. The van der Waals surface area contributed by atoms with Crippen LogP contribution in [0.15, 0.2) is 85.3 Å². The summed E-state index contributed by atoms with van der Waals surface area (Å²) in [5, 5.41) is 0. The van der Waals surface area contributed by atoms with Crippen LogP contribution in [0, 0.1) is 5.95 Å². The summed E-state index contributed by atoms with van der Waals surface area (Å²) in [6.45, 7) is 0.153. The highest BCUT2D eigenvalue weighted by molar-refractivity contribution is 5.60. The van der Waals surface area contributed by atoms with E-state index in [4.69, 9.17) is 4.74 Å². The van der Waals surface area contributed by atoms with E-state index in [0.29, 0.717) is 23.4 Å². The zero-order valence-corrected chi connectivity index (χ0v) is 21.1. The number of likely N-dealkylation sites (tertiary alicyclic amines) is 1. The van der Waals surface area contributed by atoms with E-state index >= 15 is 0 Å². The van der Waals surface area contributed by atoms with Crippen LogP contribution in [0.2, 0.25) is 0 Å². The van der Waals surface area contributed by atoms with Gasteiger partial charge >= 0.3 is 12.3 Å². The van der Waals surface area contributed by atoms with Crippen LogP contribution in [-0.4, -0.2) is 39.1 Å². The average molecular weight is 540 g/mol. The molecule has 1 saturated heterocycles. The molecule has 0 saturated carbocycles. The molecule has 1 aliphatic rings. The first-order chi connectivity index (χ1) is 18.6. The fourth-order valence-corrected chi connectivity index (χ4v) is 5.51. The first kappa shape index (κ1) is 26.6. The van der Waals surface area contributed by atoms with Crippen molar-refractivity contribution < 1.29 is 31.6 Å². The number of nitrogens with zero attached hydrogens (tertiary/aromatic N) is 3. The summed E-state index contributed by atoms with van der Waals surface area (Å²) < 4.78 is 60.7. The van der Waals surface area contributed by atoms with E-state index in [0.717, 1.165) is 17.7 Å². The van der Waals surface area contributed by atoms with Crippen LogP contribution in [0.25, 0.3) is 0 Å². The van der Waals surface area contributed by atoms with Crippen molar-refractivity contribution in [2.75, 3.05) is 13.6 Å². The number of amides is 1. The number of carbonyl (C=O) groups excluding carboxylic acids is 1. The Morgan fingerprint density at radius 3 is 2.46 bits per heavy atom. The van der Waals surface area contributed by atoms with Gasteiger partial charge in [0.15, 0.2) is 11.9 Å². The van der Waals surface area contributed by atoms with Crippen molar-refractivity contribution in [3.8, 4) is 0 Å². The lowest BCUT2D eigenvalue weighted by Gasteiger charge is -2.46. The van der Waals surface area contributed by atoms with E-state index in [1.807, 2.05) is 30.3 Å². The van der Waals surface area contributed by atoms with Crippen LogP contribution >= 0.6 is 0 Å². The summed E-state index contributed by atoms with van der Waals surface area (Å²) in [5.41, 5.74) is 1.02. The van der Waals surface area contributed by atoms with Gasteiger partial charge in [0.25, 0.3) is 0 Å². The van der Waals surface area contributed by atoms with Gasteiger partial charge in [-0.15, -0.1) is 0 Å². The van der Waals surface area contributed by atoms with E-state index in [1.165, 1.54) is 18.3 Å². The lowest BCUT2D eigenvalue weighted by Crippen LogP contribution is -2.58. The number of piperidine rings is 1. The van der Waals surface area contributed by atoms with E-state index in [2.05, 4.69) is 15.0 Å². The summed E-state index contributed by atoms with van der Waals surface area (Å²) in [6, 6.07) is 16.8. The number of benzene rings is 2. The molecule has 39 heavy (non-hydrogen) atoms. The monoisotopic (exact) mass is 539 g/mol. The maximum absolute atomic E-state index is 14.2. The number of aromatic amines is 1. The van der Waals surface area contributed by atoms with Gasteiger partial charge in [0.05, 0.1) is 19.2 Å². The number of nitrogens with one attached hydrogen (secondary N) is 1. The molecule has 2 aromatic heterocycles. The zero-order valence-electron chi connectivity index (χ0n) is 21.1. The highest BCUT2D eigenvalue weighted by Crippen LogP contribution is 2.50. The number of halogens is 4. The quantitative estimate of drug-likeness (QED) is 0.173. The summed E-state index contributed by atoms with van der Waals surface area (Å²) in [7, 11) is 1.71. The number of alkyl halides is 3. The number of imidazole rings is 1. The maximum atomic E-state index is 14.2. The van der Waals surface area contributed by atoms with Crippen molar-refractivity contribution in [2.45, 2.75) is 37.1 Å². The first-order valence-electron chi connectivity index (χ1n) is 12.5. The summed E-state index contributed by atoms with van der Waals surface area (Å²) in [5.74, 6) is -1.13. The van der Waals surface area contributed by atoms with Crippen molar-refractivity contribution >= 4 is 6.09 Å². The van der Waals surface area contributed by atoms with Crippen LogP contribution in [0.5, 0.6) is 0 Å². The minimum atomic E-state index is -4.54. The number of pyridine rings is 1. The molecular formula is C29H27F4N4O2+. The normalized spacial score (nSPS) is 23.4. The fraction of sp³-hybridized carbons (Fsp3) is 0.276. The van der Waals surface area contributed by atoms with Crippen LogP contribution in [0.4, 0.5) is 22.4 Å². The number of hydrogen-bond donors (Lipinski definition) is 1. The van der Waals surface area contributed by atoms with E-state index in [1.54, 1.807) is 31.6 Å². The van der Waals surface area contributed by atoms with Gasteiger partial charge in [-0.3, -0.25) is 0 Å². The molecule has 3 heterocycles. The van der Waals surface area contributed by atoms with Crippen LogP contribution < -0.4 is 0 Å². The van der Waals surface area contributed by atoms with Crippen molar-refractivity contribution in [3.63, 3.8) is 0 Å². The van der Waals surface area contributed by atoms with E-state index in [-0.39, 0.29) is 17.6 Å². The molecule has 2 aromatic carbocycles. The highest BCUT2D eigenvalue weighted by atomic mass is 19.4. The smallest absolute Gasteiger partial charge is 0.415 e. The second-order valence-electron chi connectivity index (χ2n) is 9.96. The van der Waals surface area contributed by atoms with Crippen molar-refractivity contribution in [2.24, 2.45) is 0 Å². The topological polar surface area (TPSA) is 67.9 Å². The molecular weight excluding hydrogens is 512 g/mol. The molecule has 0 bridgehead atoms. The third-order valence-corrected chi connectivity index (χ3v) is 7.50. The second kappa shape index (κ2) is 10.6. The Bertz CT molecular complexity index is 1430. The summed E-state index contributed by atoms with van der Waals surface area (Å²) in [6.07, 6.45) is -0.200. The standard InChI is InChI=1S/C29H27F4N4O2/c1-37(28(38)39-18-19-6-3-2-4-7-19)17-24(20-8-5-9-22(14-20)29(31,32)33)23(21-10-11-34-26(30)15-21)16-25(37)27-35-12-13-36-27/h2-15,23-25H,16-18H2,1H3,(H,35,36)/q+1. The number of carbonyl (C=O) groups is 1. The van der Waals surface area contributed by atoms with Crippen molar-refractivity contribution in [1.82, 2.24) is 15.0 Å². The Labute approximate surface area is 222 Å². The van der Waals surface area contributed by atoms with E-state index < -0.39 is 41.7 Å². The minimum absolute atomic E-state index is 0.0472. The van der Waals surface area contributed by atoms with Gasteiger partial charge in [-0.2, -0.15) is 22.4 Å². The predicted molar refractivity (Wildman–Crippen MR) is 135 cm³/mol. The van der Waals surface area contributed by atoms with Gasteiger partial charge in [-0.05, 0) is 34.9 Å². The Hall–Kier alpha value is -4.05. The van der Waals surface area contributed by atoms with Crippen molar-refractivity contribution in [3.05, 3.63) is 119 Å². The number of ether oxygens (including phenoxy) is 1. The molecule has 202 valence electrons. The fourth-order valence-electron chi connectivity index (χ4n) is 5.51. The van der Waals surface area contributed by atoms with Crippen LogP contribution in [0.1, 0.15) is 52.4 Å². The van der Waals surface area contributed by atoms with Crippen molar-refractivity contribution in [1.29, 1.82) is 0 Å². The summed E-state index contributed by atoms with van der Waals surface area (Å²) >= 11 is 0. The zero-order chi connectivity index (χ0) is 27.6. The molecule has 4 aromatic rings. The maximum Gasteiger partial charge on any atom is 0.516 e. The SMILES string of the molecule is C[N+]1(C(=O)OCc2ccccc2)CC(c2cccc(C(F)(F)F)c2)C(c2ccnc(F)c2)CC1c1ncc[nH]1. The molecule has 4 atom stereocenters. The number of rotatable bonds is 5. The second-order valence-corrected chi connectivity index (χ2v) is 9.96. The minimum Gasteiger partial charge on any atom is -0.415 e. The number of aromatic nitrogens is 3. The molecule has 1 fully saturated rings. The number of hydrogen-bond acceptors (Lipinski definition) is 4. The Morgan fingerprint density at radius 2 is 1.77 bits per heavy atom. The lowest BCUT2D eigenvalue weighted by atomic mass is 9.73. The van der Waals surface area contributed by atoms with Crippen LogP contribution in [0.3, 0.4) is 0 Å². The molecule has 0 radical (unpaired) electrons. The van der Waals surface area contributed by atoms with Gasteiger partial charge in [0.1, 0.15) is 6.61 Å². The number of quaternary nitrogens is 1. The third-order valence-electron chi connectivity index (χ3n) is 7.50. The molecule has 0 spiro atoms.